The molecule has 28 heavy (non-hydrogen) atoms. The fourth-order valence-electron chi connectivity index (χ4n) is 3.75. The van der Waals surface area contributed by atoms with Crippen molar-refractivity contribution in [2.45, 2.75) is 26.2 Å². The normalized spacial score (nSPS) is 14.8. The monoisotopic (exact) mass is 371 g/mol. The number of piperidine rings is 1. The number of aryl methyl sites for hydroxylation is 1. The van der Waals surface area contributed by atoms with Crippen LogP contribution in [0.5, 0.6) is 0 Å². The highest BCUT2D eigenvalue weighted by Crippen LogP contribution is 2.25. The molecule has 0 atom stereocenters. The maximum Gasteiger partial charge on any atom is 0.166 e. The molecular weight excluding hydrogens is 346 g/mol. The number of hydrogen-bond acceptors (Lipinski definition) is 4. The molecule has 142 valence electrons. The number of hydrogen-bond donors (Lipinski definition) is 0. The lowest BCUT2D eigenvalue weighted by Gasteiger charge is -2.32. The molecule has 4 rings (SSSR count). The minimum Gasteiger partial charge on any atom is -0.356 e. The van der Waals surface area contributed by atoms with Gasteiger partial charge in [-0.1, -0.05) is 60.2 Å². The Morgan fingerprint density at radius 3 is 2.43 bits per heavy atom. The standard InChI is InChI=1S/C24H25N3O/c1-18-7-9-20(10-8-18)24(28)21-12-15-27(16-13-21)23-11-14-25-22(26-23)17-19-5-3-2-4-6-19/h2-11,14,21H,12-13,15-17H2,1H3. The Labute approximate surface area is 166 Å². The van der Waals surface area contributed by atoms with Crippen molar-refractivity contribution in [2.75, 3.05) is 18.0 Å². The first kappa shape index (κ1) is 18.4. The van der Waals surface area contributed by atoms with Gasteiger partial charge in [0.25, 0.3) is 0 Å². The van der Waals surface area contributed by atoms with Gasteiger partial charge in [-0.05, 0) is 31.4 Å². The van der Waals surface area contributed by atoms with Crippen molar-refractivity contribution in [2.24, 2.45) is 5.92 Å². The molecule has 0 bridgehead atoms. The van der Waals surface area contributed by atoms with E-state index in [4.69, 9.17) is 4.98 Å². The molecule has 4 heteroatoms. The third kappa shape index (κ3) is 4.28. The first-order chi connectivity index (χ1) is 13.7. The molecule has 0 aliphatic carbocycles. The van der Waals surface area contributed by atoms with E-state index in [1.807, 2.05) is 61.7 Å². The predicted molar refractivity (Wildman–Crippen MR) is 112 cm³/mol. The molecule has 1 aliphatic heterocycles. The maximum atomic E-state index is 12.8. The first-order valence-corrected chi connectivity index (χ1v) is 9.91. The third-order valence-electron chi connectivity index (χ3n) is 5.42. The Morgan fingerprint density at radius 1 is 1.00 bits per heavy atom. The van der Waals surface area contributed by atoms with Gasteiger partial charge in [0.15, 0.2) is 5.78 Å². The second kappa shape index (κ2) is 8.34. The Kier molecular flexibility index (Phi) is 5.47. The molecule has 1 aromatic heterocycles. The smallest absolute Gasteiger partial charge is 0.166 e. The number of carbonyl (C=O) groups is 1. The van der Waals surface area contributed by atoms with Gasteiger partial charge in [-0.2, -0.15) is 0 Å². The zero-order chi connectivity index (χ0) is 19.3. The predicted octanol–water partition coefficient (Wildman–Crippen LogP) is 4.48. The third-order valence-corrected chi connectivity index (χ3v) is 5.42. The lowest BCUT2D eigenvalue weighted by molar-refractivity contribution is 0.0900. The van der Waals surface area contributed by atoms with Crippen LogP contribution in [0.3, 0.4) is 0 Å². The Balaban J connectivity index is 1.39. The van der Waals surface area contributed by atoms with Gasteiger partial charge in [-0.15, -0.1) is 0 Å². The molecular formula is C24H25N3O. The number of ketones is 1. The molecule has 0 saturated carbocycles. The van der Waals surface area contributed by atoms with Crippen LogP contribution in [0, 0.1) is 12.8 Å². The van der Waals surface area contributed by atoms with Crippen LogP contribution in [-0.4, -0.2) is 28.8 Å². The van der Waals surface area contributed by atoms with Gasteiger partial charge in [-0.3, -0.25) is 4.79 Å². The topological polar surface area (TPSA) is 46.1 Å². The van der Waals surface area contributed by atoms with Crippen molar-refractivity contribution in [1.29, 1.82) is 0 Å². The Hall–Kier alpha value is -3.01. The van der Waals surface area contributed by atoms with Crippen molar-refractivity contribution in [3.63, 3.8) is 0 Å². The van der Waals surface area contributed by atoms with E-state index in [9.17, 15) is 4.79 Å². The molecule has 1 saturated heterocycles. The summed E-state index contributed by atoms with van der Waals surface area (Å²) in [6.45, 7) is 3.74. The minimum atomic E-state index is 0.101. The molecule has 4 nitrogen and oxygen atoms in total. The number of carbonyl (C=O) groups excluding carboxylic acids is 1. The molecule has 0 spiro atoms. The maximum absolute atomic E-state index is 12.8. The first-order valence-electron chi connectivity index (χ1n) is 9.91. The van der Waals surface area contributed by atoms with Gasteiger partial charge in [0.05, 0.1) is 0 Å². The summed E-state index contributed by atoms with van der Waals surface area (Å²) in [5, 5.41) is 0. The average molecular weight is 371 g/mol. The zero-order valence-corrected chi connectivity index (χ0v) is 16.2. The van der Waals surface area contributed by atoms with Crippen LogP contribution in [0.1, 0.15) is 40.2 Å². The van der Waals surface area contributed by atoms with Gasteiger partial charge < -0.3 is 4.90 Å². The van der Waals surface area contributed by atoms with E-state index >= 15 is 0 Å². The lowest BCUT2D eigenvalue weighted by Crippen LogP contribution is -2.37. The van der Waals surface area contributed by atoms with Gasteiger partial charge in [0.1, 0.15) is 11.6 Å². The van der Waals surface area contributed by atoms with Crippen LogP contribution in [0.4, 0.5) is 5.82 Å². The molecule has 0 N–H and O–H groups in total. The highest BCUT2D eigenvalue weighted by atomic mass is 16.1. The number of Topliss-reactive ketones (excluding diaryl/α,β-unsaturated/α-hetero) is 1. The van der Waals surface area contributed by atoms with Crippen LogP contribution in [0.15, 0.2) is 66.9 Å². The van der Waals surface area contributed by atoms with Crippen LogP contribution in [0.25, 0.3) is 0 Å². The van der Waals surface area contributed by atoms with E-state index in [-0.39, 0.29) is 11.7 Å². The van der Waals surface area contributed by atoms with E-state index in [1.54, 1.807) is 0 Å². The summed E-state index contributed by atoms with van der Waals surface area (Å²) in [5.41, 5.74) is 3.22. The summed E-state index contributed by atoms with van der Waals surface area (Å²) in [5.74, 6) is 2.17. The SMILES string of the molecule is Cc1ccc(C(=O)C2CCN(c3ccnc(Cc4ccccc4)n3)CC2)cc1. The second-order valence-electron chi connectivity index (χ2n) is 7.49. The van der Waals surface area contributed by atoms with Crippen LogP contribution >= 0.6 is 0 Å². The summed E-state index contributed by atoms with van der Waals surface area (Å²) in [6.07, 6.45) is 4.30. The van der Waals surface area contributed by atoms with Crippen LogP contribution in [-0.2, 0) is 6.42 Å². The fourth-order valence-corrected chi connectivity index (χ4v) is 3.75. The summed E-state index contributed by atoms with van der Waals surface area (Å²) >= 11 is 0. The number of nitrogens with zero attached hydrogens (tertiary/aromatic N) is 3. The number of benzene rings is 2. The summed E-state index contributed by atoms with van der Waals surface area (Å²) < 4.78 is 0. The van der Waals surface area contributed by atoms with E-state index in [0.717, 1.165) is 49.6 Å². The largest absolute Gasteiger partial charge is 0.356 e. The zero-order valence-electron chi connectivity index (χ0n) is 16.2. The van der Waals surface area contributed by atoms with Crippen molar-refractivity contribution < 1.29 is 4.79 Å². The van der Waals surface area contributed by atoms with E-state index < -0.39 is 0 Å². The summed E-state index contributed by atoms with van der Waals surface area (Å²) in [7, 11) is 0. The lowest BCUT2D eigenvalue weighted by atomic mass is 9.88. The number of anilines is 1. The highest BCUT2D eigenvalue weighted by Gasteiger charge is 2.26. The Morgan fingerprint density at radius 2 is 1.71 bits per heavy atom. The van der Waals surface area contributed by atoms with Gasteiger partial charge in [-0.25, -0.2) is 9.97 Å². The van der Waals surface area contributed by atoms with E-state index in [2.05, 4.69) is 22.0 Å². The van der Waals surface area contributed by atoms with Crippen LogP contribution < -0.4 is 4.90 Å². The van der Waals surface area contributed by atoms with E-state index in [0.29, 0.717) is 0 Å². The van der Waals surface area contributed by atoms with Crippen molar-refractivity contribution in [3.8, 4) is 0 Å². The Bertz CT molecular complexity index is 930. The number of aromatic nitrogens is 2. The minimum absolute atomic E-state index is 0.101. The number of rotatable bonds is 5. The fraction of sp³-hybridized carbons (Fsp3) is 0.292. The van der Waals surface area contributed by atoms with Gasteiger partial charge in [0.2, 0.25) is 0 Å². The molecule has 2 heterocycles. The van der Waals surface area contributed by atoms with Crippen LogP contribution in [0.2, 0.25) is 0 Å². The van der Waals surface area contributed by atoms with Crippen molar-refractivity contribution >= 4 is 11.6 Å². The van der Waals surface area contributed by atoms with Gasteiger partial charge in [0, 0.05) is 37.2 Å². The molecule has 0 unspecified atom stereocenters. The molecule has 1 fully saturated rings. The molecule has 0 radical (unpaired) electrons. The summed E-state index contributed by atoms with van der Waals surface area (Å²) in [6, 6.07) is 20.2. The van der Waals surface area contributed by atoms with Gasteiger partial charge >= 0.3 is 0 Å². The second-order valence-corrected chi connectivity index (χ2v) is 7.49. The molecule has 1 aliphatic rings. The molecule has 2 aromatic carbocycles. The summed E-state index contributed by atoms with van der Waals surface area (Å²) in [4.78, 5) is 24.2. The van der Waals surface area contributed by atoms with Crippen molar-refractivity contribution in [1.82, 2.24) is 9.97 Å². The average Bonchev–Trinajstić information content (AvgIpc) is 2.75. The van der Waals surface area contributed by atoms with E-state index in [1.165, 1.54) is 11.1 Å². The molecule has 3 aromatic rings. The molecule has 0 amide bonds. The van der Waals surface area contributed by atoms with Crippen molar-refractivity contribution in [3.05, 3.63) is 89.4 Å². The quantitative estimate of drug-likeness (QED) is 0.621. The highest BCUT2D eigenvalue weighted by molar-refractivity contribution is 5.98.